The lowest BCUT2D eigenvalue weighted by Gasteiger charge is -2.15. The van der Waals surface area contributed by atoms with E-state index in [1.54, 1.807) is 17.0 Å². The number of carboxylic acids is 1. The zero-order valence-electron chi connectivity index (χ0n) is 10.8. The molecule has 1 atom stereocenters. The first-order chi connectivity index (χ1) is 9.60. The van der Waals surface area contributed by atoms with Gasteiger partial charge in [0, 0.05) is 6.07 Å². The number of aliphatic carboxylic acids is 1. The van der Waals surface area contributed by atoms with E-state index in [1.165, 1.54) is 7.11 Å². The van der Waals surface area contributed by atoms with Crippen molar-refractivity contribution in [2.24, 2.45) is 0 Å². The van der Waals surface area contributed by atoms with E-state index >= 15 is 0 Å². The number of methoxy groups -OCH3 is 1. The number of hydrogen-bond acceptors (Lipinski definition) is 5. The Morgan fingerprint density at radius 3 is 3.00 bits per heavy atom. The molecular weight excluding hydrogens is 266 g/mol. The minimum Gasteiger partial charge on any atom is -0.493 e. The van der Waals surface area contributed by atoms with Gasteiger partial charge in [0.05, 0.1) is 18.8 Å². The summed E-state index contributed by atoms with van der Waals surface area (Å²) in [5.41, 5.74) is 1.66. The lowest BCUT2D eigenvalue weighted by atomic mass is 10.1. The first-order valence-electron chi connectivity index (χ1n) is 6.11. The highest BCUT2D eigenvalue weighted by atomic mass is 16.6. The average molecular weight is 279 g/mol. The van der Waals surface area contributed by atoms with Crippen molar-refractivity contribution in [3.8, 4) is 11.5 Å². The van der Waals surface area contributed by atoms with Crippen LogP contribution in [0.2, 0.25) is 0 Å². The van der Waals surface area contributed by atoms with Crippen molar-refractivity contribution in [2.75, 3.05) is 25.2 Å². The molecule has 0 bridgehead atoms. The number of rotatable bonds is 4. The molecule has 0 spiro atoms. The number of anilines is 1. The lowest BCUT2D eigenvalue weighted by Crippen LogP contribution is -2.29. The molecule has 3 rings (SSSR count). The first-order valence-corrected chi connectivity index (χ1v) is 6.11. The Labute approximate surface area is 114 Å². The molecule has 1 N–H and O–H groups in total. The summed E-state index contributed by atoms with van der Waals surface area (Å²) in [5.74, 6) is -0.320. The SMILES string of the molecule is COc1cc2c(cc1OCC(=O)O)N1C(=O)OC[C@H]1C2. The number of carboxylic acid groups (broad SMARTS) is 1. The first kappa shape index (κ1) is 12.6. The molecule has 106 valence electrons. The standard InChI is InChI=1S/C13H13NO6/c1-18-10-3-7-2-8-5-20-13(17)14(8)9(7)4-11(10)19-6-12(15)16/h3-4,8H,2,5-6H2,1H3,(H,15,16)/t8-/m1/s1. The van der Waals surface area contributed by atoms with Gasteiger partial charge in [-0.3, -0.25) is 4.90 Å². The van der Waals surface area contributed by atoms with Crippen molar-refractivity contribution in [1.29, 1.82) is 0 Å². The molecule has 20 heavy (non-hydrogen) atoms. The van der Waals surface area contributed by atoms with Crippen LogP contribution in [0.3, 0.4) is 0 Å². The molecule has 0 unspecified atom stereocenters. The number of benzene rings is 1. The topological polar surface area (TPSA) is 85.3 Å². The van der Waals surface area contributed by atoms with Gasteiger partial charge in [0.2, 0.25) is 0 Å². The van der Waals surface area contributed by atoms with E-state index in [1.807, 2.05) is 0 Å². The van der Waals surface area contributed by atoms with Crippen LogP contribution in [0, 0.1) is 0 Å². The average Bonchev–Trinajstić information content (AvgIpc) is 2.95. The Balaban J connectivity index is 1.96. The molecule has 0 saturated carbocycles. The van der Waals surface area contributed by atoms with Crippen LogP contribution in [0.4, 0.5) is 10.5 Å². The van der Waals surface area contributed by atoms with Crippen molar-refractivity contribution >= 4 is 17.7 Å². The van der Waals surface area contributed by atoms with Crippen molar-refractivity contribution < 1.29 is 28.9 Å². The van der Waals surface area contributed by atoms with Crippen LogP contribution in [-0.4, -0.2) is 43.5 Å². The molecule has 2 aliphatic heterocycles. The molecular formula is C13H13NO6. The summed E-state index contributed by atoms with van der Waals surface area (Å²) in [5, 5.41) is 8.67. The second kappa shape index (κ2) is 4.59. The summed E-state index contributed by atoms with van der Waals surface area (Å²) in [6, 6.07) is 3.40. The number of ether oxygens (including phenoxy) is 3. The second-order valence-corrected chi connectivity index (χ2v) is 4.62. The summed E-state index contributed by atoms with van der Waals surface area (Å²) in [4.78, 5) is 23.8. The Morgan fingerprint density at radius 2 is 2.30 bits per heavy atom. The van der Waals surface area contributed by atoms with E-state index < -0.39 is 12.6 Å². The van der Waals surface area contributed by atoms with E-state index in [4.69, 9.17) is 19.3 Å². The summed E-state index contributed by atoms with van der Waals surface area (Å²) in [6.45, 7) is -0.107. The molecule has 0 radical (unpaired) electrons. The molecule has 7 nitrogen and oxygen atoms in total. The van der Waals surface area contributed by atoms with E-state index in [-0.39, 0.29) is 12.1 Å². The molecule has 1 saturated heterocycles. The van der Waals surface area contributed by atoms with Crippen LogP contribution in [0.1, 0.15) is 5.56 Å². The molecule has 0 aromatic heterocycles. The van der Waals surface area contributed by atoms with E-state index in [0.717, 1.165) is 5.56 Å². The van der Waals surface area contributed by atoms with Crippen LogP contribution >= 0.6 is 0 Å². The third-order valence-corrected chi connectivity index (χ3v) is 3.39. The second-order valence-electron chi connectivity index (χ2n) is 4.62. The van der Waals surface area contributed by atoms with Crippen molar-refractivity contribution in [3.63, 3.8) is 0 Å². The van der Waals surface area contributed by atoms with Gasteiger partial charge in [0.15, 0.2) is 18.1 Å². The van der Waals surface area contributed by atoms with Crippen LogP contribution in [-0.2, 0) is 16.0 Å². The Morgan fingerprint density at radius 1 is 1.50 bits per heavy atom. The maximum absolute atomic E-state index is 11.7. The Hall–Kier alpha value is -2.44. The van der Waals surface area contributed by atoms with Gasteiger partial charge in [-0.15, -0.1) is 0 Å². The Kier molecular flexibility index (Phi) is 2.89. The van der Waals surface area contributed by atoms with Crippen molar-refractivity contribution in [1.82, 2.24) is 0 Å². The molecule has 7 heteroatoms. The van der Waals surface area contributed by atoms with Crippen molar-refractivity contribution in [3.05, 3.63) is 17.7 Å². The lowest BCUT2D eigenvalue weighted by molar-refractivity contribution is -0.139. The summed E-state index contributed by atoms with van der Waals surface area (Å²) in [6.07, 6.45) is 0.305. The predicted molar refractivity (Wildman–Crippen MR) is 67.4 cm³/mol. The van der Waals surface area contributed by atoms with Gasteiger partial charge in [-0.2, -0.15) is 0 Å². The van der Waals surface area contributed by atoms with E-state index in [0.29, 0.717) is 30.2 Å². The number of amides is 1. The minimum atomic E-state index is -1.08. The van der Waals surface area contributed by atoms with Gasteiger partial charge < -0.3 is 19.3 Å². The molecule has 1 aromatic carbocycles. The van der Waals surface area contributed by atoms with Gasteiger partial charge in [-0.05, 0) is 18.1 Å². The largest absolute Gasteiger partial charge is 0.493 e. The van der Waals surface area contributed by atoms with Crippen LogP contribution in [0.5, 0.6) is 11.5 Å². The third kappa shape index (κ3) is 1.91. The molecule has 2 aliphatic rings. The monoisotopic (exact) mass is 279 g/mol. The summed E-state index contributed by atoms with van der Waals surface area (Å²) >= 11 is 0. The fourth-order valence-corrected chi connectivity index (χ4v) is 2.55. The quantitative estimate of drug-likeness (QED) is 0.886. The van der Waals surface area contributed by atoms with Gasteiger partial charge >= 0.3 is 12.1 Å². The molecule has 1 amide bonds. The third-order valence-electron chi connectivity index (χ3n) is 3.39. The van der Waals surface area contributed by atoms with Crippen LogP contribution in [0.25, 0.3) is 0 Å². The number of nitrogens with zero attached hydrogens (tertiary/aromatic N) is 1. The maximum Gasteiger partial charge on any atom is 0.414 e. The highest BCUT2D eigenvalue weighted by Crippen LogP contribution is 2.42. The smallest absolute Gasteiger partial charge is 0.414 e. The van der Waals surface area contributed by atoms with Gasteiger partial charge in [-0.1, -0.05) is 0 Å². The maximum atomic E-state index is 11.7. The number of carbonyl (C=O) groups excluding carboxylic acids is 1. The summed E-state index contributed by atoms with van der Waals surface area (Å²) in [7, 11) is 1.49. The molecule has 2 heterocycles. The predicted octanol–water partition coefficient (Wildman–Crippen LogP) is 1.04. The van der Waals surface area contributed by atoms with E-state index in [9.17, 15) is 9.59 Å². The van der Waals surface area contributed by atoms with Gasteiger partial charge in [0.1, 0.15) is 6.61 Å². The fourth-order valence-electron chi connectivity index (χ4n) is 2.55. The van der Waals surface area contributed by atoms with Gasteiger partial charge in [-0.25, -0.2) is 9.59 Å². The number of cyclic esters (lactones) is 1. The highest BCUT2D eigenvalue weighted by molar-refractivity contribution is 5.94. The zero-order valence-corrected chi connectivity index (χ0v) is 10.8. The molecule has 0 aliphatic carbocycles. The minimum absolute atomic E-state index is 0.00284. The van der Waals surface area contributed by atoms with Crippen LogP contribution < -0.4 is 14.4 Å². The molecule has 1 fully saturated rings. The van der Waals surface area contributed by atoms with E-state index in [2.05, 4.69) is 0 Å². The fraction of sp³-hybridized carbons (Fsp3) is 0.385. The Bertz CT molecular complexity index is 584. The van der Waals surface area contributed by atoms with Gasteiger partial charge in [0.25, 0.3) is 0 Å². The van der Waals surface area contributed by atoms with Crippen LogP contribution in [0.15, 0.2) is 12.1 Å². The molecule has 1 aromatic rings. The normalized spacial score (nSPS) is 19.4. The summed E-state index contributed by atoms with van der Waals surface area (Å²) < 4.78 is 15.4. The number of hydrogen-bond donors (Lipinski definition) is 1. The zero-order chi connectivity index (χ0) is 14.3. The van der Waals surface area contributed by atoms with Crippen molar-refractivity contribution in [2.45, 2.75) is 12.5 Å². The number of carbonyl (C=O) groups is 2. The number of fused-ring (bicyclic) bond motifs is 3. The highest BCUT2D eigenvalue weighted by Gasteiger charge is 2.41.